The highest BCUT2D eigenvalue weighted by Crippen LogP contribution is 2.16. The van der Waals surface area contributed by atoms with Crippen LogP contribution in [0.4, 0.5) is 19.0 Å². The molecule has 0 amide bonds. The summed E-state index contributed by atoms with van der Waals surface area (Å²) in [6.45, 7) is 2.42. The lowest BCUT2D eigenvalue weighted by atomic mass is 10.2. The summed E-state index contributed by atoms with van der Waals surface area (Å²) in [5.41, 5.74) is 1.73. The number of nitrogens with one attached hydrogen (secondary N) is 1. The van der Waals surface area contributed by atoms with Crippen molar-refractivity contribution in [3.8, 4) is 0 Å². The molecule has 0 aliphatic rings. The Balaban J connectivity index is 2.55. The van der Waals surface area contributed by atoms with Gasteiger partial charge >= 0.3 is 6.18 Å². The number of hydrogen-bond acceptors (Lipinski definition) is 4. The van der Waals surface area contributed by atoms with Crippen molar-refractivity contribution in [2.45, 2.75) is 26.4 Å². The number of rotatable bonds is 5. The Morgan fingerprint density at radius 2 is 1.89 bits per heavy atom. The molecule has 1 N–H and O–H groups in total. The number of ether oxygens (including phenoxy) is 1. The highest BCUT2D eigenvalue weighted by molar-refractivity contribution is 5.44. The first kappa shape index (κ1) is 14.7. The van der Waals surface area contributed by atoms with Crippen molar-refractivity contribution in [2.75, 3.05) is 25.6 Å². The number of hydrogen-bond donors (Lipinski definition) is 1. The summed E-state index contributed by atoms with van der Waals surface area (Å²) in [6.07, 6.45) is -4.04. The summed E-state index contributed by atoms with van der Waals surface area (Å²) in [5.74, 6) is 1.16. The Morgan fingerprint density at radius 3 is 2.44 bits per heavy atom. The second-order valence-corrected chi connectivity index (χ2v) is 3.87. The van der Waals surface area contributed by atoms with Crippen LogP contribution in [0.3, 0.4) is 0 Å². The number of anilines is 1. The van der Waals surface area contributed by atoms with E-state index < -0.39 is 12.8 Å². The van der Waals surface area contributed by atoms with E-state index in [2.05, 4.69) is 20.0 Å². The van der Waals surface area contributed by atoms with Crippen LogP contribution in [0.5, 0.6) is 0 Å². The fourth-order valence-electron chi connectivity index (χ4n) is 1.39. The number of aryl methyl sites for hydroxylation is 1. The van der Waals surface area contributed by atoms with Gasteiger partial charge in [0, 0.05) is 24.7 Å². The van der Waals surface area contributed by atoms with Crippen molar-refractivity contribution in [1.29, 1.82) is 0 Å². The van der Waals surface area contributed by atoms with E-state index in [4.69, 9.17) is 0 Å². The van der Waals surface area contributed by atoms with Crippen molar-refractivity contribution in [3.63, 3.8) is 0 Å². The monoisotopic (exact) mass is 263 g/mol. The fourth-order valence-corrected chi connectivity index (χ4v) is 1.39. The zero-order valence-electron chi connectivity index (χ0n) is 10.6. The summed E-state index contributed by atoms with van der Waals surface area (Å²) in [4.78, 5) is 8.41. The van der Waals surface area contributed by atoms with Crippen LogP contribution in [0.1, 0.15) is 17.1 Å². The summed E-state index contributed by atoms with van der Waals surface area (Å²) < 4.78 is 40.1. The maximum Gasteiger partial charge on any atom is 0.411 e. The SMILES string of the molecule is CNc1nc(CCOCC(F)(F)F)nc(C)c1C. The average molecular weight is 263 g/mol. The number of halogens is 3. The standard InChI is InChI=1S/C11H16F3N3O/c1-7-8(2)16-9(17-10(7)15-3)4-5-18-6-11(12,13)14/h4-6H2,1-3H3,(H,15,16,17). The molecule has 1 aromatic heterocycles. The second kappa shape index (κ2) is 5.99. The lowest BCUT2D eigenvalue weighted by Crippen LogP contribution is -2.18. The maximum absolute atomic E-state index is 11.9. The maximum atomic E-state index is 11.9. The van der Waals surface area contributed by atoms with E-state index in [1.165, 1.54) is 0 Å². The van der Waals surface area contributed by atoms with Gasteiger partial charge in [0.1, 0.15) is 18.2 Å². The van der Waals surface area contributed by atoms with Gasteiger partial charge in [0.15, 0.2) is 0 Å². The molecule has 1 rings (SSSR count). The molecule has 4 nitrogen and oxygen atoms in total. The van der Waals surface area contributed by atoms with Crippen LogP contribution in [0.25, 0.3) is 0 Å². The molecule has 0 bridgehead atoms. The molecule has 0 aromatic carbocycles. The molecule has 0 spiro atoms. The Morgan fingerprint density at radius 1 is 1.22 bits per heavy atom. The van der Waals surface area contributed by atoms with Crippen LogP contribution >= 0.6 is 0 Å². The third-order valence-electron chi connectivity index (χ3n) is 2.41. The minimum atomic E-state index is -4.29. The van der Waals surface area contributed by atoms with Gasteiger partial charge in [-0.25, -0.2) is 9.97 Å². The van der Waals surface area contributed by atoms with Crippen LogP contribution in [0.2, 0.25) is 0 Å². The summed E-state index contributed by atoms with van der Waals surface area (Å²) in [7, 11) is 1.73. The minimum absolute atomic E-state index is 0.0504. The van der Waals surface area contributed by atoms with E-state index in [-0.39, 0.29) is 13.0 Å². The van der Waals surface area contributed by atoms with Gasteiger partial charge in [-0.2, -0.15) is 13.2 Å². The molecule has 0 atom stereocenters. The normalized spacial score (nSPS) is 11.7. The van der Waals surface area contributed by atoms with Gasteiger partial charge in [0.2, 0.25) is 0 Å². The Labute approximate surface area is 104 Å². The van der Waals surface area contributed by atoms with E-state index in [1.54, 1.807) is 7.05 Å². The van der Waals surface area contributed by atoms with Crippen molar-refractivity contribution in [1.82, 2.24) is 9.97 Å². The molecule has 0 radical (unpaired) electrons. The molecular weight excluding hydrogens is 247 g/mol. The van der Waals surface area contributed by atoms with Gasteiger partial charge in [-0.1, -0.05) is 0 Å². The first-order chi connectivity index (χ1) is 8.33. The van der Waals surface area contributed by atoms with Gasteiger partial charge in [-0.05, 0) is 13.8 Å². The Kier molecular flexibility index (Phi) is 4.89. The lowest BCUT2D eigenvalue weighted by Gasteiger charge is -2.10. The number of nitrogens with zero attached hydrogens (tertiary/aromatic N) is 2. The quantitative estimate of drug-likeness (QED) is 0.828. The first-order valence-corrected chi connectivity index (χ1v) is 5.50. The lowest BCUT2D eigenvalue weighted by molar-refractivity contribution is -0.173. The summed E-state index contributed by atoms with van der Waals surface area (Å²) in [6, 6.07) is 0. The Hall–Kier alpha value is -1.37. The molecular formula is C11H16F3N3O. The van der Waals surface area contributed by atoms with Gasteiger partial charge in [0.05, 0.1) is 6.61 Å². The minimum Gasteiger partial charge on any atom is -0.373 e. The summed E-state index contributed by atoms with van der Waals surface area (Å²) in [5, 5.41) is 2.92. The molecule has 0 saturated heterocycles. The predicted octanol–water partition coefficient (Wildman–Crippen LogP) is 2.26. The van der Waals surface area contributed by atoms with E-state index in [1.807, 2.05) is 13.8 Å². The third-order valence-corrected chi connectivity index (χ3v) is 2.41. The van der Waals surface area contributed by atoms with Gasteiger partial charge in [0.25, 0.3) is 0 Å². The average Bonchev–Trinajstić information content (AvgIpc) is 2.27. The van der Waals surface area contributed by atoms with Crippen LogP contribution in [0, 0.1) is 13.8 Å². The van der Waals surface area contributed by atoms with E-state index in [9.17, 15) is 13.2 Å². The van der Waals surface area contributed by atoms with Gasteiger partial charge in [-0.3, -0.25) is 0 Å². The molecule has 0 fully saturated rings. The first-order valence-electron chi connectivity index (χ1n) is 5.50. The highest BCUT2D eigenvalue weighted by Gasteiger charge is 2.27. The number of alkyl halides is 3. The zero-order valence-corrected chi connectivity index (χ0v) is 10.6. The smallest absolute Gasteiger partial charge is 0.373 e. The molecule has 0 aliphatic heterocycles. The van der Waals surface area contributed by atoms with Crippen molar-refractivity contribution in [3.05, 3.63) is 17.1 Å². The largest absolute Gasteiger partial charge is 0.411 e. The predicted molar refractivity (Wildman–Crippen MR) is 61.6 cm³/mol. The van der Waals surface area contributed by atoms with Crippen LogP contribution in [0.15, 0.2) is 0 Å². The fraction of sp³-hybridized carbons (Fsp3) is 0.636. The van der Waals surface area contributed by atoms with Gasteiger partial charge < -0.3 is 10.1 Å². The molecule has 1 aromatic rings. The highest BCUT2D eigenvalue weighted by atomic mass is 19.4. The van der Waals surface area contributed by atoms with Crippen LogP contribution in [-0.4, -0.2) is 36.4 Å². The van der Waals surface area contributed by atoms with Gasteiger partial charge in [-0.15, -0.1) is 0 Å². The van der Waals surface area contributed by atoms with E-state index in [0.29, 0.717) is 11.6 Å². The van der Waals surface area contributed by atoms with E-state index >= 15 is 0 Å². The van der Waals surface area contributed by atoms with Crippen molar-refractivity contribution < 1.29 is 17.9 Å². The molecule has 0 unspecified atom stereocenters. The zero-order chi connectivity index (χ0) is 13.8. The van der Waals surface area contributed by atoms with Crippen molar-refractivity contribution >= 4 is 5.82 Å². The molecule has 7 heteroatoms. The molecule has 1 heterocycles. The number of aromatic nitrogens is 2. The van der Waals surface area contributed by atoms with E-state index in [0.717, 1.165) is 11.3 Å². The third kappa shape index (κ3) is 4.48. The molecule has 0 saturated carbocycles. The molecule has 0 aliphatic carbocycles. The summed E-state index contributed by atoms with van der Waals surface area (Å²) >= 11 is 0. The van der Waals surface area contributed by atoms with Crippen LogP contribution in [-0.2, 0) is 11.2 Å². The van der Waals surface area contributed by atoms with Crippen LogP contribution < -0.4 is 5.32 Å². The topological polar surface area (TPSA) is 47.0 Å². The molecule has 18 heavy (non-hydrogen) atoms. The second-order valence-electron chi connectivity index (χ2n) is 3.87. The molecule has 102 valence electrons. The Bertz CT molecular complexity index is 407. The van der Waals surface area contributed by atoms with Crippen molar-refractivity contribution in [2.24, 2.45) is 0 Å².